The second-order valence-corrected chi connectivity index (χ2v) is 8.73. The van der Waals surface area contributed by atoms with Crippen molar-refractivity contribution in [3.8, 4) is 5.75 Å². The minimum atomic E-state index is -4.06. The Morgan fingerprint density at radius 2 is 1.67 bits per heavy atom. The van der Waals surface area contributed by atoms with Crippen molar-refractivity contribution in [3.05, 3.63) is 93.5 Å². The Morgan fingerprint density at radius 1 is 1.03 bits per heavy atom. The highest BCUT2D eigenvalue weighted by molar-refractivity contribution is 7.92. The highest BCUT2D eigenvalue weighted by Crippen LogP contribution is 2.35. The van der Waals surface area contributed by atoms with Crippen LogP contribution in [0.25, 0.3) is 0 Å². The number of ether oxygens (including phenoxy) is 1. The van der Waals surface area contributed by atoms with Gasteiger partial charge >= 0.3 is 0 Å². The molecule has 0 fully saturated rings. The van der Waals surface area contributed by atoms with Crippen LogP contribution in [-0.2, 0) is 10.0 Å². The Hall–Kier alpha value is -3.10. The predicted molar refractivity (Wildman–Crippen MR) is 116 cm³/mol. The molecule has 0 aliphatic heterocycles. The fraction of sp³-hybridized carbons (Fsp3) is 0.143. The highest BCUT2D eigenvalue weighted by Gasteiger charge is 2.31. The fourth-order valence-electron chi connectivity index (χ4n) is 3.05. The number of hydrogen-bond acceptors (Lipinski definition) is 5. The molecule has 0 spiro atoms. The molecule has 0 radical (unpaired) electrons. The average molecular weight is 447 g/mol. The summed E-state index contributed by atoms with van der Waals surface area (Å²) in [6, 6.07) is 17.8. The number of halogens is 1. The lowest BCUT2D eigenvalue weighted by Crippen LogP contribution is -2.33. The van der Waals surface area contributed by atoms with Crippen LogP contribution in [0.5, 0.6) is 5.75 Å². The van der Waals surface area contributed by atoms with Crippen LogP contribution in [0.15, 0.2) is 77.7 Å². The van der Waals surface area contributed by atoms with Gasteiger partial charge in [0.2, 0.25) is 0 Å². The number of nitrogens with zero attached hydrogens (tertiary/aromatic N) is 2. The molecular weight excluding hydrogens is 428 g/mol. The largest absolute Gasteiger partial charge is 0.497 e. The molecule has 0 unspecified atom stereocenters. The lowest BCUT2D eigenvalue weighted by Gasteiger charge is -2.31. The average Bonchev–Trinajstić information content (AvgIpc) is 2.74. The van der Waals surface area contributed by atoms with E-state index >= 15 is 0 Å². The van der Waals surface area contributed by atoms with Crippen LogP contribution < -0.4 is 9.04 Å². The number of anilines is 1. The first kappa shape index (κ1) is 21.6. The molecule has 1 atom stereocenters. The van der Waals surface area contributed by atoms with Crippen molar-refractivity contribution in [1.29, 1.82) is 0 Å². The molecule has 0 aliphatic rings. The van der Waals surface area contributed by atoms with Gasteiger partial charge in [-0.15, -0.1) is 0 Å². The van der Waals surface area contributed by atoms with Crippen LogP contribution in [0.4, 0.5) is 11.4 Å². The molecule has 30 heavy (non-hydrogen) atoms. The Morgan fingerprint density at radius 3 is 2.20 bits per heavy atom. The van der Waals surface area contributed by atoms with E-state index in [0.717, 1.165) is 5.56 Å². The summed E-state index contributed by atoms with van der Waals surface area (Å²) in [7, 11) is -2.50. The van der Waals surface area contributed by atoms with E-state index < -0.39 is 21.0 Å². The number of nitro benzene ring substituents is 1. The molecule has 0 aromatic heterocycles. The molecule has 0 bridgehead atoms. The van der Waals surface area contributed by atoms with Gasteiger partial charge < -0.3 is 4.74 Å². The monoisotopic (exact) mass is 446 g/mol. The van der Waals surface area contributed by atoms with Gasteiger partial charge in [0, 0.05) is 17.2 Å². The summed E-state index contributed by atoms with van der Waals surface area (Å²) in [5, 5.41) is 11.3. The third kappa shape index (κ3) is 4.39. The molecule has 0 saturated heterocycles. The smallest absolute Gasteiger partial charge is 0.269 e. The van der Waals surface area contributed by atoms with Gasteiger partial charge in [-0.2, -0.15) is 0 Å². The lowest BCUT2D eigenvalue weighted by molar-refractivity contribution is -0.384. The van der Waals surface area contributed by atoms with Crippen molar-refractivity contribution in [2.24, 2.45) is 0 Å². The van der Waals surface area contributed by atoms with Gasteiger partial charge in [-0.25, -0.2) is 8.42 Å². The first-order valence-corrected chi connectivity index (χ1v) is 10.7. The van der Waals surface area contributed by atoms with Gasteiger partial charge in [0.1, 0.15) is 5.75 Å². The van der Waals surface area contributed by atoms with E-state index in [0.29, 0.717) is 16.5 Å². The summed E-state index contributed by atoms with van der Waals surface area (Å²) >= 11 is 6.12. The molecular formula is C21H19ClN2O5S. The van der Waals surface area contributed by atoms with Gasteiger partial charge in [0.05, 0.1) is 28.7 Å². The summed E-state index contributed by atoms with van der Waals surface area (Å²) < 4.78 is 33.5. The van der Waals surface area contributed by atoms with E-state index in [4.69, 9.17) is 16.3 Å². The van der Waals surface area contributed by atoms with Crippen molar-refractivity contribution >= 4 is 33.0 Å². The van der Waals surface area contributed by atoms with Crippen LogP contribution in [-0.4, -0.2) is 20.5 Å². The van der Waals surface area contributed by atoms with Gasteiger partial charge in [-0.3, -0.25) is 14.4 Å². The van der Waals surface area contributed by atoms with E-state index in [9.17, 15) is 18.5 Å². The molecule has 0 N–H and O–H groups in total. The molecule has 0 aliphatic carbocycles. The number of rotatable bonds is 7. The Bertz CT molecular complexity index is 1150. The summed E-state index contributed by atoms with van der Waals surface area (Å²) in [6.45, 7) is 1.76. The zero-order valence-electron chi connectivity index (χ0n) is 16.2. The van der Waals surface area contributed by atoms with Crippen molar-refractivity contribution in [1.82, 2.24) is 0 Å². The second kappa shape index (κ2) is 8.73. The summed E-state index contributed by atoms with van der Waals surface area (Å²) in [4.78, 5) is 10.3. The van der Waals surface area contributed by atoms with Crippen LogP contribution >= 0.6 is 11.6 Å². The predicted octanol–water partition coefficient (Wildman–Crippen LogP) is 5.21. The minimum absolute atomic E-state index is 0.0616. The van der Waals surface area contributed by atoms with Crippen LogP contribution in [0, 0.1) is 10.1 Å². The molecule has 9 heteroatoms. The molecule has 3 rings (SSSR count). The maximum Gasteiger partial charge on any atom is 0.269 e. The molecule has 0 saturated carbocycles. The zero-order valence-corrected chi connectivity index (χ0v) is 17.8. The fourth-order valence-corrected chi connectivity index (χ4v) is 4.88. The van der Waals surface area contributed by atoms with Crippen molar-refractivity contribution in [2.45, 2.75) is 17.9 Å². The Labute approximate surface area is 179 Å². The standard InChI is InChI=1S/C21H19ClN2O5S/c1-15(16-6-10-20(29-2)11-7-16)23(19-5-3-4-17(22)14-19)30(27,28)21-12-8-18(9-13-21)24(25)26/h3-15H,1-2H3/t15-/m1/s1. The maximum absolute atomic E-state index is 13.6. The normalized spacial score (nSPS) is 12.2. The van der Waals surface area contributed by atoms with Crippen LogP contribution in [0.3, 0.4) is 0 Å². The SMILES string of the molecule is COc1ccc([C@@H](C)N(c2cccc(Cl)c2)S(=O)(=O)c2ccc([N+](=O)[O-])cc2)cc1. The van der Waals surface area contributed by atoms with Crippen molar-refractivity contribution in [2.75, 3.05) is 11.4 Å². The number of methoxy groups -OCH3 is 1. The van der Waals surface area contributed by atoms with E-state index in [1.165, 1.54) is 28.6 Å². The quantitative estimate of drug-likeness (QED) is 0.367. The Balaban J connectivity index is 2.11. The van der Waals surface area contributed by atoms with Gasteiger partial charge in [-0.05, 0) is 55.0 Å². The van der Waals surface area contributed by atoms with Crippen LogP contribution in [0.2, 0.25) is 5.02 Å². The molecule has 3 aromatic rings. The molecule has 0 heterocycles. The molecule has 3 aromatic carbocycles. The maximum atomic E-state index is 13.6. The first-order valence-electron chi connectivity index (χ1n) is 8.92. The number of sulfonamides is 1. The number of nitro groups is 1. The van der Waals surface area contributed by atoms with Crippen molar-refractivity contribution < 1.29 is 18.1 Å². The topological polar surface area (TPSA) is 89.8 Å². The molecule has 7 nitrogen and oxygen atoms in total. The molecule has 156 valence electrons. The summed E-state index contributed by atoms with van der Waals surface area (Å²) in [5.41, 5.74) is 0.928. The van der Waals surface area contributed by atoms with Crippen molar-refractivity contribution in [3.63, 3.8) is 0 Å². The number of hydrogen-bond donors (Lipinski definition) is 0. The Kier molecular flexibility index (Phi) is 6.28. The zero-order chi connectivity index (χ0) is 21.9. The highest BCUT2D eigenvalue weighted by atomic mass is 35.5. The van der Waals surface area contributed by atoms with E-state index in [2.05, 4.69) is 0 Å². The van der Waals surface area contributed by atoms with Gasteiger partial charge in [-0.1, -0.05) is 29.8 Å². The minimum Gasteiger partial charge on any atom is -0.497 e. The molecule has 0 amide bonds. The lowest BCUT2D eigenvalue weighted by atomic mass is 10.1. The second-order valence-electron chi connectivity index (χ2n) is 6.48. The summed E-state index contributed by atoms with van der Waals surface area (Å²) in [6.07, 6.45) is 0. The first-order chi connectivity index (χ1) is 14.2. The number of non-ortho nitro benzene ring substituents is 1. The third-order valence-electron chi connectivity index (χ3n) is 4.62. The van der Waals surface area contributed by atoms with Crippen LogP contribution in [0.1, 0.15) is 18.5 Å². The number of benzene rings is 3. The summed E-state index contributed by atoms with van der Waals surface area (Å²) in [5.74, 6) is 0.651. The van der Waals surface area contributed by atoms with E-state index in [-0.39, 0.29) is 10.6 Å². The van der Waals surface area contributed by atoms with Gasteiger partial charge in [0.25, 0.3) is 15.7 Å². The third-order valence-corrected chi connectivity index (χ3v) is 6.76. The van der Waals surface area contributed by atoms with E-state index in [1.54, 1.807) is 62.6 Å². The van der Waals surface area contributed by atoms with Gasteiger partial charge in [0.15, 0.2) is 0 Å². The van der Waals surface area contributed by atoms with E-state index in [1.807, 2.05) is 0 Å².